The van der Waals surface area contributed by atoms with Crippen molar-refractivity contribution < 1.29 is 0 Å². The zero-order valence-electron chi connectivity index (χ0n) is 11.4. The molecular formula is C18H18N2. The van der Waals surface area contributed by atoms with E-state index in [1.807, 2.05) is 36.4 Å². The highest BCUT2D eigenvalue weighted by molar-refractivity contribution is 5.80. The summed E-state index contributed by atoms with van der Waals surface area (Å²) >= 11 is 0. The first-order chi connectivity index (χ1) is 9.75. The van der Waals surface area contributed by atoms with E-state index in [0.717, 1.165) is 11.1 Å². The van der Waals surface area contributed by atoms with E-state index < -0.39 is 5.66 Å². The lowest BCUT2D eigenvalue weighted by Crippen LogP contribution is -2.43. The standard InChI is InChI=1S/C18H18N2/c1-2-13-18(19,16-9-4-3-5-10-16)20-14-12-15-8-6-7-11-17(15)20/h2-12,14H,1,13,19H2. The summed E-state index contributed by atoms with van der Waals surface area (Å²) in [5.41, 5.74) is 8.37. The van der Waals surface area contributed by atoms with Crippen LogP contribution in [0.15, 0.2) is 79.5 Å². The van der Waals surface area contributed by atoms with Gasteiger partial charge in [0.15, 0.2) is 0 Å². The minimum Gasteiger partial charge on any atom is -0.324 e. The van der Waals surface area contributed by atoms with Gasteiger partial charge in [0.05, 0.1) is 0 Å². The van der Waals surface area contributed by atoms with Gasteiger partial charge in [-0.1, -0.05) is 54.6 Å². The van der Waals surface area contributed by atoms with E-state index in [1.54, 1.807) is 0 Å². The number of aromatic nitrogens is 1. The van der Waals surface area contributed by atoms with Crippen LogP contribution in [0.2, 0.25) is 0 Å². The number of nitrogens with zero attached hydrogens (tertiary/aromatic N) is 1. The predicted octanol–water partition coefficient (Wildman–Crippen LogP) is 3.88. The molecule has 0 bridgehead atoms. The summed E-state index contributed by atoms with van der Waals surface area (Å²) in [5, 5.41) is 1.20. The Balaban J connectivity index is 2.23. The Labute approximate surface area is 119 Å². The second-order valence-electron chi connectivity index (χ2n) is 5.03. The van der Waals surface area contributed by atoms with E-state index in [9.17, 15) is 0 Å². The zero-order valence-corrected chi connectivity index (χ0v) is 11.4. The normalized spacial score (nSPS) is 14.1. The molecule has 2 heteroatoms. The van der Waals surface area contributed by atoms with Gasteiger partial charge < -0.3 is 10.3 Å². The molecule has 0 aliphatic rings. The number of hydrogen-bond donors (Lipinski definition) is 1. The summed E-state index contributed by atoms with van der Waals surface area (Å²) in [4.78, 5) is 0. The SMILES string of the molecule is C=CCC(N)(c1ccccc1)n1ccc2ccccc21. The molecule has 1 atom stereocenters. The van der Waals surface area contributed by atoms with Crippen molar-refractivity contribution in [2.24, 2.45) is 5.73 Å². The first kappa shape index (κ1) is 12.7. The molecule has 2 aromatic carbocycles. The predicted molar refractivity (Wildman–Crippen MR) is 84.5 cm³/mol. The highest BCUT2D eigenvalue weighted by Crippen LogP contribution is 2.29. The quantitative estimate of drug-likeness (QED) is 0.711. The lowest BCUT2D eigenvalue weighted by Gasteiger charge is -2.32. The van der Waals surface area contributed by atoms with Crippen molar-refractivity contribution in [2.45, 2.75) is 12.1 Å². The van der Waals surface area contributed by atoms with E-state index in [0.29, 0.717) is 6.42 Å². The minimum atomic E-state index is -0.605. The Kier molecular flexibility index (Phi) is 3.17. The molecule has 0 spiro atoms. The summed E-state index contributed by atoms with van der Waals surface area (Å²) < 4.78 is 2.14. The summed E-state index contributed by atoms with van der Waals surface area (Å²) in [6, 6.07) is 20.6. The van der Waals surface area contributed by atoms with E-state index in [2.05, 4.69) is 47.7 Å². The third-order valence-electron chi connectivity index (χ3n) is 3.76. The Morgan fingerprint density at radius 2 is 1.70 bits per heavy atom. The number of hydrogen-bond acceptors (Lipinski definition) is 1. The van der Waals surface area contributed by atoms with Crippen LogP contribution in [0.1, 0.15) is 12.0 Å². The van der Waals surface area contributed by atoms with Gasteiger partial charge in [-0.2, -0.15) is 0 Å². The van der Waals surface area contributed by atoms with Gasteiger partial charge in [-0.3, -0.25) is 0 Å². The number of nitrogens with two attached hydrogens (primary N) is 1. The molecule has 0 aliphatic carbocycles. The van der Waals surface area contributed by atoms with Crippen molar-refractivity contribution in [1.82, 2.24) is 4.57 Å². The Morgan fingerprint density at radius 1 is 1.00 bits per heavy atom. The van der Waals surface area contributed by atoms with Crippen LogP contribution in [0.3, 0.4) is 0 Å². The molecule has 1 aromatic heterocycles. The average Bonchev–Trinajstić information content (AvgIpc) is 2.93. The van der Waals surface area contributed by atoms with Crippen LogP contribution in [0.5, 0.6) is 0 Å². The highest BCUT2D eigenvalue weighted by atomic mass is 15.2. The van der Waals surface area contributed by atoms with Gasteiger partial charge in [0.2, 0.25) is 0 Å². The van der Waals surface area contributed by atoms with Crippen molar-refractivity contribution in [1.29, 1.82) is 0 Å². The molecule has 20 heavy (non-hydrogen) atoms. The average molecular weight is 262 g/mol. The van der Waals surface area contributed by atoms with Crippen LogP contribution in [-0.2, 0) is 5.66 Å². The van der Waals surface area contributed by atoms with Gasteiger partial charge in [-0.25, -0.2) is 0 Å². The maximum atomic E-state index is 6.75. The lowest BCUT2D eigenvalue weighted by molar-refractivity contribution is 0.385. The molecule has 0 fully saturated rings. The van der Waals surface area contributed by atoms with Crippen LogP contribution in [-0.4, -0.2) is 4.57 Å². The van der Waals surface area contributed by atoms with Gasteiger partial charge in [0.25, 0.3) is 0 Å². The molecule has 3 aromatic rings. The van der Waals surface area contributed by atoms with Crippen molar-refractivity contribution >= 4 is 10.9 Å². The van der Waals surface area contributed by atoms with Crippen LogP contribution in [0, 0.1) is 0 Å². The second kappa shape index (κ2) is 4.99. The fraction of sp³-hybridized carbons (Fsp3) is 0.111. The molecule has 3 rings (SSSR count). The minimum absolute atomic E-state index is 0.605. The lowest BCUT2D eigenvalue weighted by atomic mass is 9.96. The van der Waals surface area contributed by atoms with Crippen LogP contribution < -0.4 is 5.73 Å². The Bertz CT molecular complexity index is 727. The molecule has 2 nitrogen and oxygen atoms in total. The van der Waals surface area contributed by atoms with Gasteiger partial charge in [0, 0.05) is 18.1 Å². The maximum absolute atomic E-state index is 6.75. The van der Waals surface area contributed by atoms with E-state index in [1.165, 1.54) is 5.39 Å². The summed E-state index contributed by atoms with van der Waals surface area (Å²) in [6.07, 6.45) is 4.61. The molecule has 2 N–H and O–H groups in total. The van der Waals surface area contributed by atoms with Crippen LogP contribution >= 0.6 is 0 Å². The van der Waals surface area contributed by atoms with Crippen molar-refractivity contribution in [3.8, 4) is 0 Å². The molecule has 100 valence electrons. The molecule has 1 unspecified atom stereocenters. The molecule has 0 saturated carbocycles. The van der Waals surface area contributed by atoms with Crippen LogP contribution in [0.25, 0.3) is 10.9 Å². The smallest absolute Gasteiger partial charge is 0.122 e. The summed E-state index contributed by atoms with van der Waals surface area (Å²) in [5.74, 6) is 0. The summed E-state index contributed by atoms with van der Waals surface area (Å²) in [7, 11) is 0. The third kappa shape index (κ3) is 1.95. The van der Waals surface area contributed by atoms with Gasteiger partial charge >= 0.3 is 0 Å². The molecule has 1 heterocycles. The van der Waals surface area contributed by atoms with Gasteiger partial charge in [0.1, 0.15) is 5.66 Å². The van der Waals surface area contributed by atoms with Gasteiger partial charge in [-0.15, -0.1) is 6.58 Å². The van der Waals surface area contributed by atoms with E-state index >= 15 is 0 Å². The summed E-state index contributed by atoms with van der Waals surface area (Å²) in [6.45, 7) is 3.87. The third-order valence-corrected chi connectivity index (χ3v) is 3.76. The molecule has 0 radical (unpaired) electrons. The van der Waals surface area contributed by atoms with Crippen molar-refractivity contribution in [3.05, 3.63) is 85.1 Å². The van der Waals surface area contributed by atoms with Crippen LogP contribution in [0.4, 0.5) is 0 Å². The molecular weight excluding hydrogens is 244 g/mol. The first-order valence-corrected chi connectivity index (χ1v) is 6.77. The number of rotatable bonds is 4. The largest absolute Gasteiger partial charge is 0.324 e. The molecule has 0 saturated heterocycles. The zero-order chi connectivity index (χ0) is 14.0. The Morgan fingerprint density at radius 3 is 2.45 bits per heavy atom. The fourth-order valence-corrected chi connectivity index (χ4v) is 2.73. The van der Waals surface area contributed by atoms with Crippen molar-refractivity contribution in [3.63, 3.8) is 0 Å². The van der Waals surface area contributed by atoms with Gasteiger partial charge in [-0.05, 0) is 23.1 Å². The van der Waals surface area contributed by atoms with E-state index in [-0.39, 0.29) is 0 Å². The number of para-hydroxylation sites is 1. The number of benzene rings is 2. The van der Waals surface area contributed by atoms with E-state index in [4.69, 9.17) is 5.73 Å². The number of fused-ring (bicyclic) bond motifs is 1. The molecule has 0 aliphatic heterocycles. The monoisotopic (exact) mass is 262 g/mol. The topological polar surface area (TPSA) is 30.9 Å². The first-order valence-electron chi connectivity index (χ1n) is 6.77. The fourth-order valence-electron chi connectivity index (χ4n) is 2.73. The second-order valence-corrected chi connectivity index (χ2v) is 5.03. The van der Waals surface area contributed by atoms with Crippen molar-refractivity contribution in [2.75, 3.05) is 0 Å². The maximum Gasteiger partial charge on any atom is 0.122 e. The molecule has 0 amide bonds. The highest BCUT2D eigenvalue weighted by Gasteiger charge is 2.28. The Hall–Kier alpha value is -2.32.